The first-order valence-corrected chi connectivity index (χ1v) is 6.81. The van der Waals surface area contributed by atoms with Crippen LogP contribution in [0.5, 0.6) is 0 Å². The predicted molar refractivity (Wildman–Crippen MR) is 70.0 cm³/mol. The Kier molecular flexibility index (Phi) is 2.70. The van der Waals surface area contributed by atoms with E-state index < -0.39 is 0 Å². The molecule has 1 amide bonds. The first-order chi connectivity index (χ1) is 8.63. The summed E-state index contributed by atoms with van der Waals surface area (Å²) in [6.45, 7) is 5.48. The highest BCUT2D eigenvalue weighted by atomic mass is 32.1. The molecule has 18 heavy (non-hydrogen) atoms. The molecule has 6 nitrogen and oxygen atoms in total. The van der Waals surface area contributed by atoms with Crippen molar-refractivity contribution in [1.82, 2.24) is 19.9 Å². The molecule has 1 atom stereocenters. The van der Waals surface area contributed by atoms with Crippen LogP contribution in [-0.4, -0.2) is 39.6 Å². The van der Waals surface area contributed by atoms with Gasteiger partial charge in [-0.15, -0.1) is 5.10 Å². The Hall–Kier alpha value is -1.63. The van der Waals surface area contributed by atoms with Crippen molar-refractivity contribution in [2.75, 3.05) is 18.0 Å². The van der Waals surface area contributed by atoms with Gasteiger partial charge in [-0.2, -0.15) is 0 Å². The second-order valence-electron chi connectivity index (χ2n) is 4.59. The lowest BCUT2D eigenvalue weighted by molar-refractivity contribution is -0.120. The number of hydrogen-bond acceptors (Lipinski definition) is 5. The van der Waals surface area contributed by atoms with Gasteiger partial charge in [-0.3, -0.25) is 4.79 Å². The molecule has 3 rings (SSSR count). The van der Waals surface area contributed by atoms with Gasteiger partial charge in [0.25, 0.3) is 0 Å². The van der Waals surface area contributed by atoms with Crippen LogP contribution in [-0.2, 0) is 4.79 Å². The normalized spacial score (nSPS) is 21.1. The van der Waals surface area contributed by atoms with Gasteiger partial charge >= 0.3 is 0 Å². The van der Waals surface area contributed by atoms with Gasteiger partial charge in [-0.1, -0.05) is 11.3 Å². The van der Waals surface area contributed by atoms with E-state index in [1.807, 2.05) is 17.6 Å². The molecule has 1 aliphatic rings. The van der Waals surface area contributed by atoms with Crippen molar-refractivity contribution in [3.8, 4) is 0 Å². The number of fused-ring (bicyclic) bond motifs is 1. The van der Waals surface area contributed by atoms with E-state index in [2.05, 4.69) is 27.2 Å². The lowest BCUT2D eigenvalue weighted by atomic mass is 10.2. The van der Waals surface area contributed by atoms with E-state index in [1.165, 1.54) is 0 Å². The summed E-state index contributed by atoms with van der Waals surface area (Å²) in [5, 5.41) is 8.35. The molecule has 1 N–H and O–H groups in total. The number of hydrogen-bond donors (Lipinski definition) is 1. The summed E-state index contributed by atoms with van der Waals surface area (Å²) >= 11 is 1.57. The smallest absolute Gasteiger partial charge is 0.222 e. The van der Waals surface area contributed by atoms with Gasteiger partial charge in [0, 0.05) is 25.6 Å². The van der Waals surface area contributed by atoms with Crippen molar-refractivity contribution in [3.05, 3.63) is 11.9 Å². The minimum Gasteiger partial charge on any atom is -0.354 e. The maximum atomic E-state index is 11.5. The van der Waals surface area contributed by atoms with Crippen LogP contribution in [0.3, 0.4) is 0 Å². The Morgan fingerprint density at radius 1 is 1.56 bits per heavy atom. The van der Waals surface area contributed by atoms with Crippen LogP contribution >= 0.6 is 11.3 Å². The van der Waals surface area contributed by atoms with E-state index in [9.17, 15) is 4.79 Å². The van der Waals surface area contributed by atoms with Gasteiger partial charge in [-0.05, 0) is 13.8 Å². The minimum atomic E-state index is 0.113. The molecule has 2 aromatic rings. The average molecular weight is 265 g/mol. The number of nitrogens with one attached hydrogen (secondary N) is 1. The molecule has 3 heterocycles. The standard InChI is InChI=1S/C11H15N5OS/c1-7-6-16-10(13-7)18-11(14-16)15-4-3-12-9(17)5-8(15)2/h6,8H,3-5H2,1-2H3,(H,12,17)/t8-/m0/s1. The minimum absolute atomic E-state index is 0.113. The third-order valence-corrected chi connectivity index (χ3v) is 4.05. The van der Waals surface area contributed by atoms with Crippen molar-refractivity contribution in [3.63, 3.8) is 0 Å². The molecule has 96 valence electrons. The van der Waals surface area contributed by atoms with Crippen LogP contribution in [0.2, 0.25) is 0 Å². The highest BCUT2D eigenvalue weighted by molar-refractivity contribution is 7.20. The molecule has 0 aliphatic carbocycles. The van der Waals surface area contributed by atoms with Gasteiger partial charge < -0.3 is 10.2 Å². The van der Waals surface area contributed by atoms with E-state index in [1.54, 1.807) is 11.3 Å². The molecule has 1 fully saturated rings. The van der Waals surface area contributed by atoms with Crippen LogP contribution in [0.4, 0.5) is 5.13 Å². The van der Waals surface area contributed by atoms with Crippen LogP contribution in [0, 0.1) is 6.92 Å². The molecule has 0 aromatic carbocycles. The zero-order chi connectivity index (χ0) is 12.7. The lowest BCUT2D eigenvalue weighted by Crippen LogP contribution is -2.34. The third kappa shape index (κ3) is 1.94. The number of nitrogens with zero attached hydrogens (tertiary/aromatic N) is 4. The number of anilines is 1. The number of rotatable bonds is 1. The SMILES string of the molecule is Cc1cn2nc(N3CCNC(=O)C[C@@H]3C)sc2n1. The number of carbonyl (C=O) groups excluding carboxylic acids is 1. The predicted octanol–water partition coefficient (Wildman–Crippen LogP) is 0.814. The topological polar surface area (TPSA) is 62.5 Å². The molecule has 0 unspecified atom stereocenters. The van der Waals surface area contributed by atoms with Crippen LogP contribution < -0.4 is 10.2 Å². The molecular weight excluding hydrogens is 250 g/mol. The number of imidazole rings is 1. The molecule has 0 saturated carbocycles. The Bertz CT molecular complexity index is 558. The van der Waals surface area contributed by atoms with E-state index in [0.29, 0.717) is 13.0 Å². The quantitative estimate of drug-likeness (QED) is 0.829. The second-order valence-corrected chi connectivity index (χ2v) is 5.52. The zero-order valence-electron chi connectivity index (χ0n) is 10.4. The average Bonchev–Trinajstić information content (AvgIpc) is 2.75. The van der Waals surface area contributed by atoms with E-state index in [-0.39, 0.29) is 11.9 Å². The van der Waals surface area contributed by atoms with Crippen molar-refractivity contribution in [1.29, 1.82) is 0 Å². The van der Waals surface area contributed by atoms with Gasteiger partial charge in [0.2, 0.25) is 16.0 Å². The van der Waals surface area contributed by atoms with Gasteiger partial charge in [0.15, 0.2) is 0 Å². The first-order valence-electron chi connectivity index (χ1n) is 5.99. The van der Waals surface area contributed by atoms with E-state index in [4.69, 9.17) is 0 Å². The van der Waals surface area contributed by atoms with Crippen LogP contribution in [0.1, 0.15) is 19.0 Å². The monoisotopic (exact) mass is 265 g/mol. The number of aryl methyl sites for hydroxylation is 1. The van der Waals surface area contributed by atoms with Gasteiger partial charge in [-0.25, -0.2) is 9.50 Å². The second kappa shape index (κ2) is 4.24. The van der Waals surface area contributed by atoms with E-state index in [0.717, 1.165) is 22.3 Å². The molecule has 0 bridgehead atoms. The molecule has 1 aliphatic heterocycles. The third-order valence-electron chi connectivity index (χ3n) is 3.09. The summed E-state index contributed by atoms with van der Waals surface area (Å²) in [6.07, 6.45) is 2.43. The highest BCUT2D eigenvalue weighted by Crippen LogP contribution is 2.25. The van der Waals surface area contributed by atoms with Gasteiger partial charge in [0.05, 0.1) is 11.9 Å². The van der Waals surface area contributed by atoms with Crippen LogP contribution in [0.15, 0.2) is 6.20 Å². The van der Waals surface area contributed by atoms with Crippen LogP contribution in [0.25, 0.3) is 4.96 Å². The van der Waals surface area contributed by atoms with Crippen molar-refractivity contribution in [2.24, 2.45) is 0 Å². The summed E-state index contributed by atoms with van der Waals surface area (Å²) in [7, 11) is 0. The Balaban J connectivity index is 1.92. The summed E-state index contributed by atoms with van der Waals surface area (Å²) in [5.74, 6) is 0.113. The maximum absolute atomic E-state index is 11.5. The number of amides is 1. The summed E-state index contributed by atoms with van der Waals surface area (Å²) in [6, 6.07) is 0.171. The molecule has 0 spiro atoms. The summed E-state index contributed by atoms with van der Waals surface area (Å²) < 4.78 is 1.81. The van der Waals surface area contributed by atoms with Crippen molar-refractivity contribution < 1.29 is 4.79 Å². The Morgan fingerprint density at radius 3 is 3.17 bits per heavy atom. The molecule has 7 heteroatoms. The van der Waals surface area contributed by atoms with Crippen molar-refractivity contribution >= 4 is 27.3 Å². The molecule has 1 saturated heterocycles. The molecule has 0 radical (unpaired) electrons. The number of aromatic nitrogens is 3. The fourth-order valence-electron chi connectivity index (χ4n) is 2.19. The van der Waals surface area contributed by atoms with Gasteiger partial charge in [0.1, 0.15) is 0 Å². The lowest BCUT2D eigenvalue weighted by Gasteiger charge is -2.24. The first kappa shape index (κ1) is 11.5. The fourth-order valence-corrected chi connectivity index (χ4v) is 3.24. The fraction of sp³-hybridized carbons (Fsp3) is 0.545. The molecular formula is C11H15N5OS. The largest absolute Gasteiger partial charge is 0.354 e. The Labute approximate surface area is 109 Å². The Morgan fingerprint density at radius 2 is 2.39 bits per heavy atom. The van der Waals surface area contributed by atoms with E-state index >= 15 is 0 Å². The molecule has 2 aromatic heterocycles. The van der Waals surface area contributed by atoms with Crippen molar-refractivity contribution in [2.45, 2.75) is 26.3 Å². The maximum Gasteiger partial charge on any atom is 0.222 e. The zero-order valence-corrected chi connectivity index (χ0v) is 11.2. The highest BCUT2D eigenvalue weighted by Gasteiger charge is 2.24. The summed E-state index contributed by atoms with van der Waals surface area (Å²) in [5.41, 5.74) is 0.973. The number of carbonyl (C=O) groups is 1. The summed E-state index contributed by atoms with van der Waals surface area (Å²) in [4.78, 5) is 18.9.